The standard InChI is InChI=1S/C19H40B2/c1-7-12-13-15-17(6,9-3)19(20,21)16-18(10-4,11-5)14-8-2/h8H,2,7,9-16,20-21H2,1,3-6H3. The van der Waals surface area contributed by atoms with Crippen LogP contribution in [0.1, 0.15) is 92.4 Å². The molecule has 0 aromatic rings. The van der Waals surface area contributed by atoms with E-state index >= 15 is 0 Å². The molecule has 0 radical (unpaired) electrons. The maximum absolute atomic E-state index is 4.01. The summed E-state index contributed by atoms with van der Waals surface area (Å²) in [5, 5.41) is 0.393. The highest BCUT2D eigenvalue weighted by molar-refractivity contribution is 6.40. The third-order valence-electron chi connectivity index (χ3n) is 6.64. The predicted octanol–water partition coefficient (Wildman–Crippen LogP) is 5.14. The molecular formula is C19H40B2. The minimum Gasteiger partial charge on any atom is -0.103 e. The van der Waals surface area contributed by atoms with E-state index in [1.807, 2.05) is 0 Å². The van der Waals surface area contributed by atoms with E-state index in [1.54, 1.807) is 0 Å². The van der Waals surface area contributed by atoms with Crippen LogP contribution < -0.4 is 0 Å². The van der Waals surface area contributed by atoms with Crippen LogP contribution in [0.3, 0.4) is 0 Å². The van der Waals surface area contributed by atoms with E-state index in [0.717, 1.165) is 6.42 Å². The fraction of sp³-hybridized carbons (Fsp3) is 0.895. The van der Waals surface area contributed by atoms with Gasteiger partial charge in [-0.1, -0.05) is 90.9 Å². The first-order valence-corrected chi connectivity index (χ1v) is 9.37. The van der Waals surface area contributed by atoms with Gasteiger partial charge in [0, 0.05) is 0 Å². The number of unbranched alkanes of at least 4 members (excludes halogenated alkanes) is 2. The van der Waals surface area contributed by atoms with Crippen molar-refractivity contribution in [3.8, 4) is 0 Å². The number of rotatable bonds is 12. The zero-order valence-electron chi connectivity index (χ0n) is 16.1. The quantitative estimate of drug-likeness (QED) is 0.265. The Morgan fingerprint density at radius 2 is 1.52 bits per heavy atom. The summed E-state index contributed by atoms with van der Waals surface area (Å²) in [4.78, 5) is 0. The van der Waals surface area contributed by atoms with E-state index in [0.29, 0.717) is 16.0 Å². The highest BCUT2D eigenvalue weighted by atomic mass is 14.4. The van der Waals surface area contributed by atoms with E-state index in [1.165, 1.54) is 51.4 Å². The molecule has 0 amide bonds. The lowest BCUT2D eigenvalue weighted by atomic mass is 9.37. The summed E-state index contributed by atoms with van der Waals surface area (Å²) in [5.74, 6) is 0. The number of hydrogen-bond donors (Lipinski definition) is 0. The number of allylic oxidation sites excluding steroid dienone is 1. The van der Waals surface area contributed by atoms with Crippen molar-refractivity contribution >= 4 is 15.7 Å². The van der Waals surface area contributed by atoms with E-state index in [-0.39, 0.29) is 0 Å². The lowest BCUT2D eigenvalue weighted by Crippen LogP contribution is -2.39. The first kappa shape index (κ1) is 20.9. The normalized spacial score (nSPS) is 15.7. The van der Waals surface area contributed by atoms with E-state index in [9.17, 15) is 0 Å². The summed E-state index contributed by atoms with van der Waals surface area (Å²) in [6, 6.07) is 0. The van der Waals surface area contributed by atoms with E-state index < -0.39 is 0 Å². The molecule has 0 bridgehead atoms. The first-order valence-electron chi connectivity index (χ1n) is 9.37. The Labute approximate surface area is 137 Å². The summed E-state index contributed by atoms with van der Waals surface area (Å²) >= 11 is 0. The molecular weight excluding hydrogens is 250 g/mol. The Kier molecular flexibility index (Phi) is 9.05. The summed E-state index contributed by atoms with van der Waals surface area (Å²) in [6.45, 7) is 16.0. The molecule has 0 nitrogen and oxygen atoms in total. The lowest BCUT2D eigenvalue weighted by Gasteiger charge is -2.50. The van der Waals surface area contributed by atoms with Crippen molar-refractivity contribution in [2.45, 2.75) is 97.6 Å². The van der Waals surface area contributed by atoms with Crippen molar-refractivity contribution < 1.29 is 0 Å². The fourth-order valence-corrected chi connectivity index (χ4v) is 4.08. The van der Waals surface area contributed by atoms with Crippen molar-refractivity contribution in [2.24, 2.45) is 10.8 Å². The van der Waals surface area contributed by atoms with Gasteiger partial charge in [0.05, 0.1) is 15.7 Å². The third-order valence-corrected chi connectivity index (χ3v) is 6.64. The first-order chi connectivity index (χ1) is 9.76. The SMILES string of the molecule is BC(B)(CC(CC)(CC)CC=C)C(C)(CC)CCCCC. The van der Waals surface area contributed by atoms with Crippen LogP contribution in [0.5, 0.6) is 0 Å². The topological polar surface area (TPSA) is 0 Å². The van der Waals surface area contributed by atoms with Gasteiger partial charge < -0.3 is 0 Å². The Bertz CT molecular complexity index is 292. The maximum atomic E-state index is 4.01. The van der Waals surface area contributed by atoms with Gasteiger partial charge in [-0.2, -0.15) is 0 Å². The fourth-order valence-electron chi connectivity index (χ4n) is 4.08. The van der Waals surface area contributed by atoms with Gasteiger partial charge in [-0.15, -0.1) is 6.58 Å². The van der Waals surface area contributed by atoms with Crippen LogP contribution in [-0.2, 0) is 0 Å². The molecule has 0 rings (SSSR count). The Hall–Kier alpha value is -0.130. The Morgan fingerprint density at radius 3 is 1.90 bits per heavy atom. The molecule has 21 heavy (non-hydrogen) atoms. The van der Waals surface area contributed by atoms with Crippen LogP contribution >= 0.6 is 0 Å². The predicted molar refractivity (Wildman–Crippen MR) is 105 cm³/mol. The molecule has 0 spiro atoms. The Morgan fingerprint density at radius 1 is 0.952 bits per heavy atom. The molecule has 2 heteroatoms. The second kappa shape index (κ2) is 9.11. The average molecular weight is 290 g/mol. The zero-order chi connectivity index (χ0) is 16.6. The second-order valence-electron chi connectivity index (χ2n) is 8.13. The number of hydrogen-bond acceptors (Lipinski definition) is 0. The molecule has 0 saturated carbocycles. The molecule has 1 atom stereocenters. The van der Waals surface area contributed by atoms with Crippen LogP contribution in [0.15, 0.2) is 12.7 Å². The van der Waals surface area contributed by atoms with Crippen molar-refractivity contribution in [1.82, 2.24) is 0 Å². The maximum Gasteiger partial charge on any atom is 0.0999 e. The minimum atomic E-state index is 0.393. The minimum absolute atomic E-state index is 0.393. The van der Waals surface area contributed by atoms with Crippen LogP contribution in [0, 0.1) is 10.8 Å². The smallest absolute Gasteiger partial charge is 0.0999 e. The highest BCUT2D eigenvalue weighted by Crippen LogP contribution is 2.55. The molecule has 0 N–H and O–H groups in total. The van der Waals surface area contributed by atoms with E-state index in [2.05, 4.69) is 63.0 Å². The van der Waals surface area contributed by atoms with Gasteiger partial charge in [-0.3, -0.25) is 0 Å². The van der Waals surface area contributed by atoms with Gasteiger partial charge in [-0.05, 0) is 23.7 Å². The molecule has 0 aromatic heterocycles. The Balaban J connectivity index is 5.14. The highest BCUT2D eigenvalue weighted by Gasteiger charge is 2.43. The summed E-state index contributed by atoms with van der Waals surface area (Å²) < 4.78 is 0. The molecule has 122 valence electrons. The molecule has 1 unspecified atom stereocenters. The van der Waals surface area contributed by atoms with Crippen LogP contribution in [0.25, 0.3) is 0 Å². The van der Waals surface area contributed by atoms with Gasteiger partial charge in [0.1, 0.15) is 0 Å². The molecule has 0 aliphatic heterocycles. The summed E-state index contributed by atoms with van der Waals surface area (Å²) in [6.07, 6.45) is 13.9. The molecule has 0 aromatic carbocycles. The molecule has 0 aliphatic rings. The van der Waals surface area contributed by atoms with Gasteiger partial charge in [-0.25, -0.2) is 0 Å². The second-order valence-corrected chi connectivity index (χ2v) is 8.13. The summed E-state index contributed by atoms with van der Waals surface area (Å²) in [7, 11) is 5.04. The summed E-state index contributed by atoms with van der Waals surface area (Å²) in [5.41, 5.74) is 0.908. The van der Waals surface area contributed by atoms with Crippen LogP contribution in [-0.4, -0.2) is 15.7 Å². The van der Waals surface area contributed by atoms with Crippen molar-refractivity contribution in [3.05, 3.63) is 12.7 Å². The van der Waals surface area contributed by atoms with Crippen molar-refractivity contribution in [2.75, 3.05) is 0 Å². The van der Waals surface area contributed by atoms with Gasteiger partial charge in [0.25, 0.3) is 0 Å². The molecule has 0 heterocycles. The van der Waals surface area contributed by atoms with Gasteiger partial charge in [0.2, 0.25) is 0 Å². The molecule has 0 saturated heterocycles. The van der Waals surface area contributed by atoms with Crippen LogP contribution in [0.2, 0.25) is 5.21 Å². The molecule has 0 fully saturated rings. The largest absolute Gasteiger partial charge is 0.103 e. The van der Waals surface area contributed by atoms with E-state index in [4.69, 9.17) is 0 Å². The van der Waals surface area contributed by atoms with Gasteiger partial charge >= 0.3 is 0 Å². The lowest BCUT2D eigenvalue weighted by molar-refractivity contribution is 0.144. The molecule has 0 aliphatic carbocycles. The average Bonchev–Trinajstić information content (AvgIpc) is 2.46. The van der Waals surface area contributed by atoms with Crippen molar-refractivity contribution in [3.63, 3.8) is 0 Å². The van der Waals surface area contributed by atoms with Gasteiger partial charge in [0.15, 0.2) is 0 Å². The zero-order valence-corrected chi connectivity index (χ0v) is 16.1. The van der Waals surface area contributed by atoms with Crippen molar-refractivity contribution in [1.29, 1.82) is 0 Å². The van der Waals surface area contributed by atoms with Crippen LogP contribution in [0.4, 0.5) is 0 Å². The third kappa shape index (κ3) is 5.53. The monoisotopic (exact) mass is 290 g/mol.